The van der Waals surface area contributed by atoms with Gasteiger partial charge in [0.1, 0.15) is 11.9 Å². The molecule has 0 atom stereocenters. The molecular formula is C13H19N3O3. The summed E-state index contributed by atoms with van der Waals surface area (Å²) < 4.78 is 0. The highest BCUT2D eigenvalue weighted by Gasteiger charge is 2.24. The van der Waals surface area contributed by atoms with E-state index in [0.717, 1.165) is 12.8 Å². The van der Waals surface area contributed by atoms with Crippen molar-refractivity contribution >= 4 is 5.97 Å². The SMILES string of the molecule is O=C(O)c1cncnc1CN(CCO)C1CCCC1. The van der Waals surface area contributed by atoms with E-state index in [4.69, 9.17) is 10.2 Å². The molecule has 1 aliphatic rings. The smallest absolute Gasteiger partial charge is 0.339 e. The average molecular weight is 265 g/mol. The molecule has 0 spiro atoms. The minimum Gasteiger partial charge on any atom is -0.478 e. The van der Waals surface area contributed by atoms with Crippen LogP contribution < -0.4 is 0 Å². The third-order valence-corrected chi connectivity index (χ3v) is 3.61. The Kier molecular flexibility index (Phi) is 4.81. The third kappa shape index (κ3) is 3.48. The number of aromatic nitrogens is 2. The van der Waals surface area contributed by atoms with Crippen molar-refractivity contribution in [2.24, 2.45) is 0 Å². The fraction of sp³-hybridized carbons (Fsp3) is 0.615. The number of aliphatic hydroxyl groups is 1. The van der Waals surface area contributed by atoms with Crippen LogP contribution >= 0.6 is 0 Å². The molecule has 0 aliphatic heterocycles. The summed E-state index contributed by atoms with van der Waals surface area (Å²) in [6, 6.07) is 0.420. The van der Waals surface area contributed by atoms with Crippen molar-refractivity contribution < 1.29 is 15.0 Å². The van der Waals surface area contributed by atoms with Crippen LogP contribution in [0.3, 0.4) is 0 Å². The molecule has 1 fully saturated rings. The van der Waals surface area contributed by atoms with Gasteiger partial charge >= 0.3 is 5.97 Å². The Labute approximate surface area is 112 Å². The van der Waals surface area contributed by atoms with Crippen LogP contribution in [0.25, 0.3) is 0 Å². The molecule has 2 N–H and O–H groups in total. The number of aromatic carboxylic acids is 1. The van der Waals surface area contributed by atoms with E-state index >= 15 is 0 Å². The van der Waals surface area contributed by atoms with E-state index in [0.29, 0.717) is 24.8 Å². The molecular weight excluding hydrogens is 246 g/mol. The van der Waals surface area contributed by atoms with E-state index in [1.165, 1.54) is 25.4 Å². The first-order valence-electron chi connectivity index (χ1n) is 6.59. The van der Waals surface area contributed by atoms with Gasteiger partial charge in [-0.05, 0) is 12.8 Å². The van der Waals surface area contributed by atoms with E-state index in [2.05, 4.69) is 14.9 Å². The zero-order valence-electron chi connectivity index (χ0n) is 10.8. The number of carboxylic acids is 1. The molecule has 1 heterocycles. The number of nitrogens with zero attached hydrogens (tertiary/aromatic N) is 3. The van der Waals surface area contributed by atoms with Crippen LogP contribution in [0.5, 0.6) is 0 Å². The summed E-state index contributed by atoms with van der Waals surface area (Å²) in [5.74, 6) is -1.01. The molecule has 0 bridgehead atoms. The second-order valence-electron chi connectivity index (χ2n) is 4.82. The fourth-order valence-electron chi connectivity index (χ4n) is 2.64. The lowest BCUT2D eigenvalue weighted by molar-refractivity contribution is 0.0691. The van der Waals surface area contributed by atoms with Gasteiger partial charge in [0.15, 0.2) is 0 Å². The van der Waals surface area contributed by atoms with Crippen LogP contribution in [0, 0.1) is 0 Å². The number of carboxylic acid groups (broad SMARTS) is 1. The molecule has 0 radical (unpaired) electrons. The second-order valence-corrected chi connectivity index (χ2v) is 4.82. The van der Waals surface area contributed by atoms with Gasteiger partial charge in [-0.3, -0.25) is 4.90 Å². The van der Waals surface area contributed by atoms with Crippen molar-refractivity contribution in [1.82, 2.24) is 14.9 Å². The van der Waals surface area contributed by atoms with Gasteiger partial charge in [0.05, 0.1) is 12.3 Å². The lowest BCUT2D eigenvalue weighted by atomic mass is 10.1. The first-order chi connectivity index (χ1) is 9.22. The monoisotopic (exact) mass is 265 g/mol. The molecule has 6 heteroatoms. The molecule has 1 aromatic rings. The predicted octanol–water partition coefficient (Wildman–Crippen LogP) is 0.912. The normalized spacial score (nSPS) is 16.1. The van der Waals surface area contributed by atoms with Crippen molar-refractivity contribution in [3.05, 3.63) is 23.8 Å². The third-order valence-electron chi connectivity index (χ3n) is 3.61. The minimum atomic E-state index is -1.01. The van der Waals surface area contributed by atoms with E-state index in [-0.39, 0.29) is 12.2 Å². The highest BCUT2D eigenvalue weighted by atomic mass is 16.4. The molecule has 1 saturated carbocycles. The van der Waals surface area contributed by atoms with Gasteiger partial charge in [-0.15, -0.1) is 0 Å². The highest BCUT2D eigenvalue weighted by Crippen LogP contribution is 2.24. The number of hydrogen-bond donors (Lipinski definition) is 2. The number of aliphatic hydroxyl groups excluding tert-OH is 1. The van der Waals surface area contributed by atoms with Gasteiger partial charge in [0.2, 0.25) is 0 Å². The van der Waals surface area contributed by atoms with Crippen molar-refractivity contribution in [2.45, 2.75) is 38.3 Å². The van der Waals surface area contributed by atoms with Crippen molar-refractivity contribution in [2.75, 3.05) is 13.2 Å². The summed E-state index contributed by atoms with van der Waals surface area (Å²) in [5.41, 5.74) is 0.659. The van der Waals surface area contributed by atoms with Crippen LogP contribution in [0.15, 0.2) is 12.5 Å². The highest BCUT2D eigenvalue weighted by molar-refractivity contribution is 5.88. The molecule has 0 amide bonds. The van der Waals surface area contributed by atoms with Gasteiger partial charge in [0, 0.05) is 25.3 Å². The maximum absolute atomic E-state index is 11.1. The first kappa shape index (κ1) is 13.9. The van der Waals surface area contributed by atoms with Crippen LogP contribution in [-0.4, -0.2) is 50.2 Å². The maximum atomic E-state index is 11.1. The Hall–Kier alpha value is -1.53. The Bertz CT molecular complexity index is 433. The molecule has 19 heavy (non-hydrogen) atoms. The Morgan fingerprint density at radius 3 is 2.79 bits per heavy atom. The zero-order chi connectivity index (χ0) is 13.7. The van der Waals surface area contributed by atoms with E-state index in [1.54, 1.807) is 0 Å². The standard InChI is InChI=1S/C13H19N3O3/c17-6-5-16(10-3-1-2-4-10)8-12-11(13(18)19)7-14-9-15-12/h7,9-10,17H,1-6,8H2,(H,18,19). The Balaban J connectivity index is 2.14. The predicted molar refractivity (Wildman–Crippen MR) is 68.7 cm³/mol. The number of rotatable bonds is 6. The summed E-state index contributed by atoms with van der Waals surface area (Å²) in [4.78, 5) is 21.1. The number of carbonyl (C=O) groups is 1. The van der Waals surface area contributed by atoms with Gasteiger partial charge < -0.3 is 10.2 Å². The molecule has 0 saturated heterocycles. The van der Waals surface area contributed by atoms with Crippen LogP contribution in [0.1, 0.15) is 41.7 Å². The second kappa shape index (κ2) is 6.58. The van der Waals surface area contributed by atoms with Crippen molar-refractivity contribution in [3.63, 3.8) is 0 Å². The Morgan fingerprint density at radius 2 is 2.16 bits per heavy atom. The molecule has 6 nitrogen and oxygen atoms in total. The molecule has 1 aliphatic carbocycles. The summed E-state index contributed by atoms with van der Waals surface area (Å²) >= 11 is 0. The summed E-state index contributed by atoms with van der Waals surface area (Å²) in [6.45, 7) is 1.08. The van der Waals surface area contributed by atoms with Crippen LogP contribution in [0.2, 0.25) is 0 Å². The van der Waals surface area contributed by atoms with Crippen LogP contribution in [0.4, 0.5) is 0 Å². The lowest BCUT2D eigenvalue weighted by Gasteiger charge is -2.27. The average Bonchev–Trinajstić information content (AvgIpc) is 2.92. The first-order valence-corrected chi connectivity index (χ1v) is 6.59. The van der Waals surface area contributed by atoms with E-state index in [9.17, 15) is 4.79 Å². The quantitative estimate of drug-likeness (QED) is 0.795. The molecule has 0 aromatic carbocycles. The molecule has 2 rings (SSSR count). The molecule has 104 valence electrons. The number of hydrogen-bond acceptors (Lipinski definition) is 5. The fourth-order valence-corrected chi connectivity index (χ4v) is 2.64. The summed E-state index contributed by atoms with van der Waals surface area (Å²) in [7, 11) is 0. The zero-order valence-corrected chi connectivity index (χ0v) is 10.8. The van der Waals surface area contributed by atoms with Crippen LogP contribution in [-0.2, 0) is 6.54 Å². The molecule has 1 aromatic heterocycles. The topological polar surface area (TPSA) is 86.5 Å². The van der Waals surface area contributed by atoms with Crippen molar-refractivity contribution in [3.8, 4) is 0 Å². The van der Waals surface area contributed by atoms with E-state index < -0.39 is 5.97 Å². The maximum Gasteiger partial charge on any atom is 0.339 e. The van der Waals surface area contributed by atoms with Gasteiger partial charge in [0.25, 0.3) is 0 Å². The lowest BCUT2D eigenvalue weighted by Crippen LogP contribution is -2.35. The van der Waals surface area contributed by atoms with Gasteiger partial charge in [-0.25, -0.2) is 14.8 Å². The minimum absolute atomic E-state index is 0.0734. The summed E-state index contributed by atoms with van der Waals surface area (Å²) in [5, 5.41) is 18.3. The van der Waals surface area contributed by atoms with Gasteiger partial charge in [-0.1, -0.05) is 12.8 Å². The van der Waals surface area contributed by atoms with Crippen molar-refractivity contribution in [1.29, 1.82) is 0 Å². The Morgan fingerprint density at radius 1 is 1.42 bits per heavy atom. The van der Waals surface area contributed by atoms with E-state index in [1.807, 2.05) is 0 Å². The molecule has 0 unspecified atom stereocenters. The van der Waals surface area contributed by atoms with Gasteiger partial charge in [-0.2, -0.15) is 0 Å². The largest absolute Gasteiger partial charge is 0.478 e. The summed E-state index contributed by atoms with van der Waals surface area (Å²) in [6.07, 6.45) is 7.30.